The normalized spacial score (nSPS) is 15.7. The number of carboxylic acid groups (broad SMARTS) is 1. The lowest BCUT2D eigenvalue weighted by atomic mass is 10.3. The Morgan fingerprint density at radius 2 is 2.54 bits per heavy atom. The molecule has 1 aliphatic rings. The summed E-state index contributed by atoms with van der Waals surface area (Å²) >= 11 is 0. The Hall–Kier alpha value is -1.52. The molecule has 0 bridgehead atoms. The van der Waals surface area contributed by atoms with E-state index in [1.807, 2.05) is 0 Å². The summed E-state index contributed by atoms with van der Waals surface area (Å²) in [6.07, 6.45) is 2.19. The summed E-state index contributed by atoms with van der Waals surface area (Å²) in [7, 11) is 0. The molecule has 1 heterocycles. The highest BCUT2D eigenvalue weighted by molar-refractivity contribution is 5.69. The van der Waals surface area contributed by atoms with Crippen LogP contribution in [-0.2, 0) is 11.2 Å². The monoisotopic (exact) mass is 183 g/mol. The first-order valence-electron chi connectivity index (χ1n) is 4.08. The van der Waals surface area contributed by atoms with Crippen molar-refractivity contribution in [3.8, 4) is 5.88 Å². The highest BCUT2D eigenvalue weighted by atomic mass is 16.5. The third-order valence-corrected chi connectivity index (χ3v) is 1.67. The van der Waals surface area contributed by atoms with E-state index >= 15 is 0 Å². The number of aliphatic carboxylic acids is 1. The van der Waals surface area contributed by atoms with E-state index in [4.69, 9.17) is 14.4 Å². The van der Waals surface area contributed by atoms with Gasteiger partial charge in [-0.05, 0) is 18.0 Å². The number of hydrogen-bond donors (Lipinski definition) is 1. The minimum Gasteiger partial charge on any atom is -0.481 e. The molecule has 1 saturated carbocycles. The fourth-order valence-electron chi connectivity index (χ4n) is 0.939. The van der Waals surface area contributed by atoms with Crippen molar-refractivity contribution < 1.29 is 19.2 Å². The van der Waals surface area contributed by atoms with Gasteiger partial charge in [-0.1, -0.05) is 0 Å². The Labute approximate surface area is 74.3 Å². The predicted molar refractivity (Wildman–Crippen MR) is 41.5 cm³/mol. The fraction of sp³-hybridized carbons (Fsp3) is 0.500. The second-order valence-corrected chi connectivity index (χ2v) is 3.02. The fourth-order valence-corrected chi connectivity index (χ4v) is 0.939. The zero-order chi connectivity index (χ0) is 9.26. The van der Waals surface area contributed by atoms with E-state index in [1.165, 1.54) is 6.07 Å². The summed E-state index contributed by atoms with van der Waals surface area (Å²) in [5, 5.41) is 12.0. The van der Waals surface area contributed by atoms with E-state index in [-0.39, 0.29) is 12.5 Å². The van der Waals surface area contributed by atoms with Crippen molar-refractivity contribution >= 4 is 5.97 Å². The molecule has 0 atom stereocenters. The first-order chi connectivity index (χ1) is 6.24. The van der Waals surface area contributed by atoms with E-state index in [1.54, 1.807) is 0 Å². The van der Waals surface area contributed by atoms with Crippen LogP contribution in [0.25, 0.3) is 0 Å². The second kappa shape index (κ2) is 3.08. The Bertz CT molecular complexity index is 316. The molecule has 1 aromatic rings. The van der Waals surface area contributed by atoms with Gasteiger partial charge in [-0.3, -0.25) is 4.79 Å². The molecule has 0 aromatic carbocycles. The third kappa shape index (κ3) is 2.21. The van der Waals surface area contributed by atoms with Crippen LogP contribution in [0.15, 0.2) is 10.6 Å². The molecule has 5 nitrogen and oxygen atoms in total. The molecule has 1 N–H and O–H groups in total. The molecule has 0 aliphatic heterocycles. The van der Waals surface area contributed by atoms with E-state index < -0.39 is 5.97 Å². The van der Waals surface area contributed by atoms with Gasteiger partial charge in [0.25, 0.3) is 5.88 Å². The van der Waals surface area contributed by atoms with Crippen LogP contribution in [0.5, 0.6) is 5.88 Å². The lowest BCUT2D eigenvalue weighted by Crippen LogP contribution is -1.98. The summed E-state index contributed by atoms with van der Waals surface area (Å²) < 4.78 is 10.0. The third-order valence-electron chi connectivity index (χ3n) is 1.67. The van der Waals surface area contributed by atoms with Gasteiger partial charge in [-0.15, -0.1) is 0 Å². The van der Waals surface area contributed by atoms with Crippen molar-refractivity contribution in [2.45, 2.75) is 25.4 Å². The van der Waals surface area contributed by atoms with Gasteiger partial charge in [-0.25, -0.2) is 0 Å². The number of nitrogens with zero attached hydrogens (tertiary/aromatic N) is 1. The van der Waals surface area contributed by atoms with Crippen LogP contribution < -0.4 is 4.74 Å². The van der Waals surface area contributed by atoms with Gasteiger partial charge in [0.2, 0.25) is 0 Å². The summed E-state index contributed by atoms with van der Waals surface area (Å²) in [6, 6.07) is 1.52. The molecular formula is C8H9NO4. The molecule has 0 unspecified atom stereocenters. The molecule has 0 radical (unpaired) electrons. The molecule has 1 fully saturated rings. The van der Waals surface area contributed by atoms with Crippen LogP contribution in [0.3, 0.4) is 0 Å². The molecule has 1 aromatic heterocycles. The smallest absolute Gasteiger partial charge is 0.311 e. The molecule has 1 aliphatic carbocycles. The number of rotatable bonds is 4. The highest BCUT2D eigenvalue weighted by Gasteiger charge is 2.25. The number of ether oxygens (including phenoxy) is 1. The van der Waals surface area contributed by atoms with Gasteiger partial charge >= 0.3 is 5.97 Å². The summed E-state index contributed by atoms with van der Waals surface area (Å²) in [6.45, 7) is 0. The van der Waals surface area contributed by atoms with E-state index in [9.17, 15) is 4.79 Å². The maximum atomic E-state index is 10.3. The maximum absolute atomic E-state index is 10.3. The van der Waals surface area contributed by atoms with Crippen molar-refractivity contribution in [1.29, 1.82) is 0 Å². The maximum Gasteiger partial charge on any atom is 0.311 e. The van der Waals surface area contributed by atoms with Gasteiger partial charge in [-0.2, -0.15) is 0 Å². The van der Waals surface area contributed by atoms with Crippen LogP contribution in [-0.4, -0.2) is 22.3 Å². The Morgan fingerprint density at radius 1 is 1.77 bits per heavy atom. The standard InChI is InChI=1S/C8H9NO4/c10-8(11)4-6-3-7(9-13-6)12-5-1-2-5/h3,5H,1-2,4H2,(H,10,11). The van der Waals surface area contributed by atoms with Crippen LogP contribution in [0.2, 0.25) is 0 Å². The van der Waals surface area contributed by atoms with E-state index in [2.05, 4.69) is 5.16 Å². The summed E-state index contributed by atoms with van der Waals surface area (Å²) in [5.41, 5.74) is 0. The van der Waals surface area contributed by atoms with Gasteiger partial charge in [0.15, 0.2) is 5.76 Å². The Kier molecular flexibility index (Phi) is 1.92. The first-order valence-corrected chi connectivity index (χ1v) is 4.08. The molecule has 0 amide bonds. The predicted octanol–water partition coefficient (Wildman–Crippen LogP) is 0.843. The highest BCUT2D eigenvalue weighted by Crippen LogP contribution is 2.26. The van der Waals surface area contributed by atoms with Crippen molar-refractivity contribution in [1.82, 2.24) is 5.16 Å². The van der Waals surface area contributed by atoms with Crippen molar-refractivity contribution in [3.63, 3.8) is 0 Å². The van der Waals surface area contributed by atoms with Crippen molar-refractivity contribution in [2.24, 2.45) is 0 Å². The van der Waals surface area contributed by atoms with Gasteiger partial charge in [0.1, 0.15) is 12.5 Å². The molecule has 2 rings (SSSR count). The second-order valence-electron chi connectivity index (χ2n) is 3.02. The molecule has 70 valence electrons. The van der Waals surface area contributed by atoms with Crippen molar-refractivity contribution in [3.05, 3.63) is 11.8 Å². The topological polar surface area (TPSA) is 72.6 Å². The Morgan fingerprint density at radius 3 is 3.15 bits per heavy atom. The quantitative estimate of drug-likeness (QED) is 0.748. The average molecular weight is 183 g/mol. The number of carboxylic acids is 1. The summed E-state index contributed by atoms with van der Waals surface area (Å²) in [5.74, 6) is -0.226. The molecule has 0 saturated heterocycles. The van der Waals surface area contributed by atoms with E-state index in [0.717, 1.165) is 12.8 Å². The van der Waals surface area contributed by atoms with E-state index in [0.29, 0.717) is 11.6 Å². The molecule has 0 spiro atoms. The van der Waals surface area contributed by atoms with Crippen LogP contribution in [0.4, 0.5) is 0 Å². The molecule has 5 heteroatoms. The van der Waals surface area contributed by atoms with Gasteiger partial charge in [0, 0.05) is 6.07 Å². The first kappa shape index (κ1) is 8.10. The van der Waals surface area contributed by atoms with Crippen LogP contribution >= 0.6 is 0 Å². The average Bonchev–Trinajstić information content (AvgIpc) is 2.73. The summed E-state index contributed by atoms with van der Waals surface area (Å²) in [4.78, 5) is 10.3. The number of aromatic nitrogens is 1. The zero-order valence-electron chi connectivity index (χ0n) is 6.90. The largest absolute Gasteiger partial charge is 0.481 e. The van der Waals surface area contributed by atoms with Crippen LogP contribution in [0, 0.1) is 0 Å². The van der Waals surface area contributed by atoms with Crippen LogP contribution in [0.1, 0.15) is 18.6 Å². The lowest BCUT2D eigenvalue weighted by Gasteiger charge is -1.94. The zero-order valence-corrected chi connectivity index (χ0v) is 6.90. The number of hydrogen-bond acceptors (Lipinski definition) is 4. The Balaban J connectivity index is 1.95. The number of carbonyl (C=O) groups is 1. The SMILES string of the molecule is O=C(O)Cc1cc(OC2CC2)no1. The lowest BCUT2D eigenvalue weighted by molar-refractivity contribution is -0.136. The molecule has 13 heavy (non-hydrogen) atoms. The van der Waals surface area contributed by atoms with Crippen molar-refractivity contribution in [2.75, 3.05) is 0 Å². The van der Waals surface area contributed by atoms with Gasteiger partial charge < -0.3 is 14.4 Å². The van der Waals surface area contributed by atoms with Gasteiger partial charge in [0.05, 0.1) is 0 Å². The minimum absolute atomic E-state index is 0.152. The molecular weight excluding hydrogens is 174 g/mol. The minimum atomic E-state index is -0.936.